The topological polar surface area (TPSA) is 39.7 Å². The van der Waals surface area contributed by atoms with Crippen molar-refractivity contribution in [3.8, 4) is 0 Å². The highest BCUT2D eigenvalue weighted by atomic mass is 127. The Kier molecular flexibility index (Phi) is 13.4. The highest BCUT2D eigenvalue weighted by molar-refractivity contribution is 14.0. The number of halogens is 1. The molecule has 4 nitrogen and oxygen atoms in total. The van der Waals surface area contributed by atoms with Crippen LogP contribution in [0.25, 0.3) is 0 Å². The summed E-state index contributed by atoms with van der Waals surface area (Å²) in [5.74, 6) is 2.55. The van der Waals surface area contributed by atoms with Crippen molar-refractivity contribution in [2.75, 3.05) is 39.8 Å². The first-order valence-corrected chi connectivity index (χ1v) is 8.82. The summed E-state index contributed by atoms with van der Waals surface area (Å²) in [7, 11) is 1.86. The number of guanidine groups is 1. The fraction of sp³-hybridized carbons (Fsp3) is 0.941. The van der Waals surface area contributed by atoms with Gasteiger partial charge in [-0.1, -0.05) is 20.8 Å². The van der Waals surface area contributed by atoms with Gasteiger partial charge in [-0.05, 0) is 63.6 Å². The summed E-state index contributed by atoms with van der Waals surface area (Å²) in [6.45, 7) is 12.7. The summed E-state index contributed by atoms with van der Waals surface area (Å²) < 4.78 is 0. The summed E-state index contributed by atoms with van der Waals surface area (Å²) >= 11 is 0. The Morgan fingerprint density at radius 2 is 1.91 bits per heavy atom. The molecule has 0 aromatic rings. The second-order valence-corrected chi connectivity index (χ2v) is 6.70. The van der Waals surface area contributed by atoms with Gasteiger partial charge in [0.1, 0.15) is 0 Å². The first-order valence-electron chi connectivity index (χ1n) is 8.82. The van der Waals surface area contributed by atoms with Crippen LogP contribution in [-0.2, 0) is 0 Å². The molecule has 0 aliphatic carbocycles. The highest BCUT2D eigenvalue weighted by Gasteiger charge is 2.18. The molecular formula is C17H37IN4. The average Bonchev–Trinajstić information content (AvgIpc) is 2.48. The van der Waals surface area contributed by atoms with E-state index in [1.54, 1.807) is 0 Å². The van der Waals surface area contributed by atoms with Crippen molar-refractivity contribution < 1.29 is 0 Å². The number of likely N-dealkylation sites (tertiary alicyclic amines) is 1. The maximum absolute atomic E-state index is 4.32. The summed E-state index contributed by atoms with van der Waals surface area (Å²) in [6, 6.07) is 0. The summed E-state index contributed by atoms with van der Waals surface area (Å²) in [6.07, 6.45) is 6.40. The van der Waals surface area contributed by atoms with E-state index in [2.05, 4.69) is 41.3 Å². The minimum absolute atomic E-state index is 0. The number of nitrogens with one attached hydrogen (secondary N) is 2. The summed E-state index contributed by atoms with van der Waals surface area (Å²) in [5.41, 5.74) is 0. The molecule has 22 heavy (non-hydrogen) atoms. The van der Waals surface area contributed by atoms with Crippen molar-refractivity contribution in [3.63, 3.8) is 0 Å². The van der Waals surface area contributed by atoms with E-state index >= 15 is 0 Å². The van der Waals surface area contributed by atoms with E-state index in [4.69, 9.17) is 0 Å². The number of piperidine rings is 1. The van der Waals surface area contributed by atoms with Gasteiger partial charge in [0.05, 0.1) is 0 Å². The third-order valence-corrected chi connectivity index (χ3v) is 4.28. The Labute approximate surface area is 154 Å². The molecule has 132 valence electrons. The predicted molar refractivity (Wildman–Crippen MR) is 108 cm³/mol. The quantitative estimate of drug-likeness (QED) is 0.272. The number of hydrogen-bond donors (Lipinski definition) is 2. The molecule has 1 saturated heterocycles. The van der Waals surface area contributed by atoms with Crippen LogP contribution in [-0.4, -0.2) is 50.6 Å². The molecule has 1 rings (SSSR count). The van der Waals surface area contributed by atoms with Crippen LogP contribution in [0.5, 0.6) is 0 Å². The zero-order chi connectivity index (χ0) is 15.5. The van der Waals surface area contributed by atoms with Gasteiger partial charge in [-0.2, -0.15) is 0 Å². The fourth-order valence-corrected chi connectivity index (χ4v) is 2.91. The van der Waals surface area contributed by atoms with Gasteiger partial charge in [0.25, 0.3) is 0 Å². The Morgan fingerprint density at radius 3 is 2.45 bits per heavy atom. The van der Waals surface area contributed by atoms with E-state index in [-0.39, 0.29) is 24.0 Å². The van der Waals surface area contributed by atoms with Gasteiger partial charge in [-0.25, -0.2) is 0 Å². The second kappa shape index (κ2) is 13.4. The zero-order valence-electron chi connectivity index (χ0n) is 15.0. The number of hydrogen-bond acceptors (Lipinski definition) is 2. The highest BCUT2D eigenvalue weighted by Crippen LogP contribution is 2.16. The van der Waals surface area contributed by atoms with Crippen LogP contribution < -0.4 is 10.6 Å². The standard InChI is InChI=1S/C17H36N4.HI/c1-5-11-21-12-8-16(9-13-21)14-20-17(18-4)19-10-6-7-15(2)3;/h15-16H,5-14H2,1-4H3,(H2,18,19,20);1H. The lowest BCUT2D eigenvalue weighted by molar-refractivity contribution is 0.185. The van der Waals surface area contributed by atoms with Crippen molar-refractivity contribution in [1.82, 2.24) is 15.5 Å². The third kappa shape index (κ3) is 9.87. The first kappa shape index (κ1) is 22.0. The molecule has 0 spiro atoms. The van der Waals surface area contributed by atoms with Crippen molar-refractivity contribution in [1.29, 1.82) is 0 Å². The van der Waals surface area contributed by atoms with Crippen molar-refractivity contribution in [2.24, 2.45) is 16.8 Å². The molecule has 1 aliphatic heterocycles. The van der Waals surface area contributed by atoms with E-state index < -0.39 is 0 Å². The van der Waals surface area contributed by atoms with Crippen LogP contribution in [0.1, 0.15) is 52.9 Å². The Bertz CT molecular complexity index is 286. The van der Waals surface area contributed by atoms with Gasteiger partial charge in [0, 0.05) is 20.1 Å². The van der Waals surface area contributed by atoms with Crippen molar-refractivity contribution in [3.05, 3.63) is 0 Å². The SMILES string of the molecule is CCCN1CCC(CNC(=NC)NCCCC(C)C)CC1.I. The normalized spacial score (nSPS) is 17.4. The molecule has 5 heteroatoms. The van der Waals surface area contributed by atoms with E-state index in [9.17, 15) is 0 Å². The molecule has 0 bridgehead atoms. The molecule has 1 fully saturated rings. The largest absolute Gasteiger partial charge is 0.356 e. The molecule has 1 heterocycles. The van der Waals surface area contributed by atoms with Crippen molar-refractivity contribution >= 4 is 29.9 Å². The molecule has 0 aromatic carbocycles. The summed E-state index contributed by atoms with van der Waals surface area (Å²) in [4.78, 5) is 6.91. The second-order valence-electron chi connectivity index (χ2n) is 6.70. The van der Waals surface area contributed by atoms with Crippen LogP contribution >= 0.6 is 24.0 Å². The minimum atomic E-state index is 0. The van der Waals surface area contributed by atoms with Gasteiger partial charge in [-0.3, -0.25) is 4.99 Å². The van der Waals surface area contributed by atoms with Gasteiger partial charge >= 0.3 is 0 Å². The third-order valence-electron chi connectivity index (χ3n) is 4.28. The zero-order valence-corrected chi connectivity index (χ0v) is 17.4. The summed E-state index contributed by atoms with van der Waals surface area (Å²) in [5, 5.41) is 6.92. The predicted octanol–water partition coefficient (Wildman–Crippen LogP) is 3.33. The number of aliphatic imine (C=N–C) groups is 1. The molecule has 1 aliphatic rings. The first-order chi connectivity index (χ1) is 10.2. The minimum Gasteiger partial charge on any atom is -0.356 e. The van der Waals surface area contributed by atoms with Gasteiger partial charge in [-0.15, -0.1) is 24.0 Å². The van der Waals surface area contributed by atoms with Crippen LogP contribution in [0.15, 0.2) is 4.99 Å². The van der Waals surface area contributed by atoms with Crippen molar-refractivity contribution in [2.45, 2.75) is 52.9 Å². The Morgan fingerprint density at radius 1 is 1.23 bits per heavy atom. The molecule has 0 aromatic heterocycles. The number of nitrogens with zero attached hydrogens (tertiary/aromatic N) is 2. The fourth-order valence-electron chi connectivity index (χ4n) is 2.91. The monoisotopic (exact) mass is 424 g/mol. The van der Waals surface area contributed by atoms with E-state index in [0.717, 1.165) is 30.9 Å². The molecule has 0 unspecified atom stereocenters. The van der Waals surface area contributed by atoms with Gasteiger partial charge < -0.3 is 15.5 Å². The van der Waals surface area contributed by atoms with E-state index in [1.807, 2.05) is 7.05 Å². The van der Waals surface area contributed by atoms with Crippen LogP contribution in [0.3, 0.4) is 0 Å². The molecule has 0 saturated carbocycles. The van der Waals surface area contributed by atoms with Crippen LogP contribution in [0, 0.1) is 11.8 Å². The Balaban J connectivity index is 0.00000441. The van der Waals surface area contributed by atoms with E-state index in [0.29, 0.717) is 0 Å². The molecule has 0 atom stereocenters. The average molecular weight is 424 g/mol. The molecule has 0 amide bonds. The lowest BCUT2D eigenvalue weighted by Crippen LogP contribution is -2.43. The van der Waals surface area contributed by atoms with Crippen LogP contribution in [0.4, 0.5) is 0 Å². The molecule has 0 radical (unpaired) electrons. The van der Waals surface area contributed by atoms with E-state index in [1.165, 1.54) is 51.7 Å². The molecular weight excluding hydrogens is 387 g/mol. The van der Waals surface area contributed by atoms with Gasteiger partial charge in [0.15, 0.2) is 5.96 Å². The lowest BCUT2D eigenvalue weighted by Gasteiger charge is -2.32. The lowest BCUT2D eigenvalue weighted by atomic mass is 9.97. The van der Waals surface area contributed by atoms with Gasteiger partial charge in [0.2, 0.25) is 0 Å². The molecule has 2 N–H and O–H groups in total. The maximum Gasteiger partial charge on any atom is 0.190 e. The van der Waals surface area contributed by atoms with Crippen LogP contribution in [0.2, 0.25) is 0 Å². The number of rotatable bonds is 8. The smallest absolute Gasteiger partial charge is 0.190 e. The maximum atomic E-state index is 4.32. The Hall–Kier alpha value is -0.0400.